The van der Waals surface area contributed by atoms with Crippen LogP contribution >= 0.6 is 0 Å². The highest BCUT2D eigenvalue weighted by Crippen LogP contribution is 2.40. The van der Waals surface area contributed by atoms with Crippen molar-refractivity contribution in [2.45, 2.75) is 18.8 Å². The third-order valence-corrected chi connectivity index (χ3v) is 3.84. The Morgan fingerprint density at radius 2 is 1.71 bits per heavy atom. The molecule has 7 heteroatoms. The third kappa shape index (κ3) is 3.24. The molecule has 1 fully saturated rings. The summed E-state index contributed by atoms with van der Waals surface area (Å²) in [6, 6.07) is 6.86. The number of hydrogen-bond acceptors (Lipinski definition) is 6. The van der Waals surface area contributed by atoms with Gasteiger partial charge in [-0.2, -0.15) is 5.10 Å². The second-order valence-corrected chi connectivity index (χ2v) is 5.49. The lowest BCUT2D eigenvalue weighted by Crippen LogP contribution is -2.15. The highest BCUT2D eigenvalue weighted by molar-refractivity contribution is 6.03. The quantitative estimate of drug-likeness (QED) is 0.877. The minimum absolute atomic E-state index is 0.258. The zero-order chi connectivity index (χ0) is 17.1. The Bertz CT molecular complexity index is 717. The minimum atomic E-state index is -0.348. The summed E-state index contributed by atoms with van der Waals surface area (Å²) in [7, 11) is 4.56. The summed E-state index contributed by atoms with van der Waals surface area (Å²) < 4.78 is 15.8. The van der Waals surface area contributed by atoms with Crippen LogP contribution in [0, 0.1) is 0 Å². The monoisotopic (exact) mass is 329 g/mol. The molecule has 0 aliphatic heterocycles. The van der Waals surface area contributed by atoms with Gasteiger partial charge in [-0.1, -0.05) is 0 Å². The molecular formula is C17H19N3O4. The first kappa shape index (κ1) is 16.0. The molecular weight excluding hydrogens is 310 g/mol. The first-order valence-corrected chi connectivity index (χ1v) is 7.61. The SMILES string of the molecule is COc1cc(NC(=O)c2ccc(C3CC3)nn2)cc(OC)c1OC. The van der Waals surface area contributed by atoms with Crippen LogP contribution in [0.2, 0.25) is 0 Å². The van der Waals surface area contributed by atoms with Crippen LogP contribution < -0.4 is 19.5 Å². The molecule has 1 aliphatic rings. The Kier molecular flexibility index (Phi) is 4.50. The lowest BCUT2D eigenvalue weighted by Gasteiger charge is -2.14. The molecule has 1 saturated carbocycles. The second-order valence-electron chi connectivity index (χ2n) is 5.49. The van der Waals surface area contributed by atoms with Crippen LogP contribution in [-0.4, -0.2) is 37.4 Å². The Morgan fingerprint density at radius 1 is 1.04 bits per heavy atom. The lowest BCUT2D eigenvalue weighted by molar-refractivity contribution is 0.102. The number of methoxy groups -OCH3 is 3. The van der Waals surface area contributed by atoms with Crippen LogP contribution in [0.5, 0.6) is 17.2 Å². The number of carbonyl (C=O) groups excluding carboxylic acids is 1. The Balaban J connectivity index is 1.80. The van der Waals surface area contributed by atoms with Gasteiger partial charge in [-0.15, -0.1) is 5.10 Å². The first-order valence-electron chi connectivity index (χ1n) is 7.61. The van der Waals surface area contributed by atoms with E-state index in [2.05, 4.69) is 15.5 Å². The van der Waals surface area contributed by atoms with Crippen molar-refractivity contribution in [1.82, 2.24) is 10.2 Å². The number of nitrogens with one attached hydrogen (secondary N) is 1. The molecule has 0 unspecified atom stereocenters. The van der Waals surface area contributed by atoms with Gasteiger partial charge in [0, 0.05) is 23.7 Å². The van der Waals surface area contributed by atoms with Crippen LogP contribution in [0.1, 0.15) is 34.9 Å². The number of carbonyl (C=O) groups is 1. The smallest absolute Gasteiger partial charge is 0.276 e. The van der Waals surface area contributed by atoms with E-state index in [9.17, 15) is 4.79 Å². The number of nitrogens with zero attached hydrogens (tertiary/aromatic N) is 2. The van der Waals surface area contributed by atoms with E-state index in [0.717, 1.165) is 18.5 Å². The molecule has 1 heterocycles. The van der Waals surface area contributed by atoms with Gasteiger partial charge in [-0.25, -0.2) is 0 Å². The van der Waals surface area contributed by atoms with Gasteiger partial charge in [0.15, 0.2) is 17.2 Å². The molecule has 1 aromatic carbocycles. The van der Waals surface area contributed by atoms with Crippen LogP contribution in [-0.2, 0) is 0 Å². The summed E-state index contributed by atoms with van der Waals surface area (Å²) in [5.41, 5.74) is 1.72. The molecule has 0 atom stereocenters. The van der Waals surface area contributed by atoms with Crippen LogP contribution in [0.25, 0.3) is 0 Å². The van der Waals surface area contributed by atoms with Crippen molar-refractivity contribution in [2.75, 3.05) is 26.6 Å². The van der Waals surface area contributed by atoms with Gasteiger partial charge in [-0.05, 0) is 25.0 Å². The minimum Gasteiger partial charge on any atom is -0.493 e. The molecule has 0 saturated heterocycles. The standard InChI is InChI=1S/C17H19N3O4/c1-22-14-8-11(9-15(23-2)16(14)24-3)18-17(21)13-7-6-12(19-20-13)10-4-5-10/h6-10H,4-5H2,1-3H3,(H,18,21). The lowest BCUT2D eigenvalue weighted by atomic mass is 10.2. The largest absolute Gasteiger partial charge is 0.493 e. The molecule has 1 amide bonds. The number of hydrogen-bond donors (Lipinski definition) is 1. The molecule has 0 bridgehead atoms. The molecule has 1 N–H and O–H groups in total. The molecule has 0 spiro atoms. The average Bonchev–Trinajstić information content (AvgIpc) is 3.46. The average molecular weight is 329 g/mol. The highest BCUT2D eigenvalue weighted by atomic mass is 16.5. The zero-order valence-corrected chi connectivity index (χ0v) is 13.8. The van der Waals surface area contributed by atoms with E-state index < -0.39 is 0 Å². The van der Waals surface area contributed by atoms with Gasteiger partial charge in [-0.3, -0.25) is 4.79 Å². The first-order chi connectivity index (χ1) is 11.7. The van der Waals surface area contributed by atoms with Gasteiger partial charge in [0.1, 0.15) is 0 Å². The maximum absolute atomic E-state index is 12.3. The fourth-order valence-electron chi connectivity index (χ4n) is 2.41. The second kappa shape index (κ2) is 6.74. The molecule has 0 radical (unpaired) electrons. The van der Waals surface area contributed by atoms with Gasteiger partial charge < -0.3 is 19.5 Å². The zero-order valence-electron chi connectivity index (χ0n) is 13.8. The summed E-state index contributed by atoms with van der Waals surface area (Å²) in [6.45, 7) is 0. The Hall–Kier alpha value is -2.83. The molecule has 3 rings (SSSR count). The van der Waals surface area contributed by atoms with E-state index in [-0.39, 0.29) is 11.6 Å². The molecule has 1 aromatic heterocycles. The molecule has 1 aliphatic carbocycles. The number of anilines is 1. The van der Waals surface area contributed by atoms with Crippen molar-refractivity contribution in [1.29, 1.82) is 0 Å². The predicted molar refractivity (Wildman–Crippen MR) is 88.1 cm³/mol. The van der Waals surface area contributed by atoms with Crippen molar-refractivity contribution >= 4 is 11.6 Å². The van der Waals surface area contributed by atoms with Gasteiger partial charge in [0.2, 0.25) is 5.75 Å². The summed E-state index contributed by atoms with van der Waals surface area (Å²) in [6.07, 6.45) is 2.29. The fraction of sp³-hybridized carbons (Fsp3) is 0.353. The van der Waals surface area contributed by atoms with Crippen LogP contribution in [0.15, 0.2) is 24.3 Å². The molecule has 2 aromatic rings. The Labute approximate surface area is 139 Å². The fourth-order valence-corrected chi connectivity index (χ4v) is 2.41. The summed E-state index contributed by atoms with van der Waals surface area (Å²) in [5, 5.41) is 10.9. The normalized spacial score (nSPS) is 13.3. The van der Waals surface area contributed by atoms with Crippen molar-refractivity contribution < 1.29 is 19.0 Å². The molecule has 126 valence electrons. The number of aromatic nitrogens is 2. The molecule has 7 nitrogen and oxygen atoms in total. The van der Waals surface area contributed by atoms with E-state index in [1.165, 1.54) is 21.3 Å². The summed E-state index contributed by atoms with van der Waals surface area (Å²) >= 11 is 0. The van der Waals surface area contributed by atoms with Crippen molar-refractivity contribution in [3.8, 4) is 17.2 Å². The van der Waals surface area contributed by atoms with Crippen molar-refractivity contribution in [3.63, 3.8) is 0 Å². The van der Waals surface area contributed by atoms with E-state index in [4.69, 9.17) is 14.2 Å². The van der Waals surface area contributed by atoms with E-state index in [1.807, 2.05) is 6.07 Å². The van der Waals surface area contributed by atoms with E-state index in [0.29, 0.717) is 28.9 Å². The van der Waals surface area contributed by atoms with Crippen molar-refractivity contribution in [3.05, 3.63) is 35.7 Å². The summed E-state index contributed by atoms with van der Waals surface area (Å²) in [4.78, 5) is 12.3. The third-order valence-electron chi connectivity index (χ3n) is 3.84. The number of benzene rings is 1. The van der Waals surface area contributed by atoms with Gasteiger partial charge >= 0.3 is 0 Å². The van der Waals surface area contributed by atoms with E-state index >= 15 is 0 Å². The van der Waals surface area contributed by atoms with Crippen LogP contribution in [0.3, 0.4) is 0 Å². The highest BCUT2D eigenvalue weighted by Gasteiger charge is 2.25. The van der Waals surface area contributed by atoms with Gasteiger partial charge in [0.25, 0.3) is 5.91 Å². The topological polar surface area (TPSA) is 82.6 Å². The van der Waals surface area contributed by atoms with E-state index in [1.54, 1.807) is 18.2 Å². The maximum Gasteiger partial charge on any atom is 0.276 e. The predicted octanol–water partition coefficient (Wildman–Crippen LogP) is 2.63. The number of amides is 1. The van der Waals surface area contributed by atoms with Crippen molar-refractivity contribution in [2.24, 2.45) is 0 Å². The van der Waals surface area contributed by atoms with Gasteiger partial charge in [0.05, 0.1) is 27.0 Å². The summed E-state index contributed by atoms with van der Waals surface area (Å²) in [5.74, 6) is 1.54. The molecule has 24 heavy (non-hydrogen) atoms. The Morgan fingerprint density at radius 3 is 2.17 bits per heavy atom. The number of ether oxygens (including phenoxy) is 3. The van der Waals surface area contributed by atoms with Crippen LogP contribution in [0.4, 0.5) is 5.69 Å². The maximum atomic E-state index is 12.3. The number of rotatable bonds is 6.